The van der Waals surface area contributed by atoms with Crippen LogP contribution >= 0.6 is 0 Å². The summed E-state index contributed by atoms with van der Waals surface area (Å²) in [6.07, 6.45) is 0.373. The molecule has 5 nitrogen and oxygen atoms in total. The topological polar surface area (TPSA) is 101 Å². The summed E-state index contributed by atoms with van der Waals surface area (Å²) < 4.78 is 0. The molecule has 1 aliphatic carbocycles. The molecule has 4 N–H and O–H groups in total. The fourth-order valence-electron chi connectivity index (χ4n) is 1.32. The SMILES string of the molecule is NC(CC(=O)O)C1CC1C(=O)O. The molecule has 3 atom stereocenters. The molecule has 0 aromatic carbocycles. The average molecular weight is 173 g/mol. The first-order chi connectivity index (χ1) is 5.52. The maximum absolute atomic E-state index is 10.4. The van der Waals surface area contributed by atoms with Crippen LogP contribution in [0.2, 0.25) is 0 Å². The largest absolute Gasteiger partial charge is 0.481 e. The van der Waals surface area contributed by atoms with Crippen LogP contribution < -0.4 is 5.73 Å². The molecule has 1 aliphatic rings. The molecule has 68 valence electrons. The van der Waals surface area contributed by atoms with E-state index in [4.69, 9.17) is 15.9 Å². The van der Waals surface area contributed by atoms with Crippen LogP contribution in [0.1, 0.15) is 12.8 Å². The van der Waals surface area contributed by atoms with Gasteiger partial charge in [-0.05, 0) is 12.3 Å². The highest BCUT2D eigenvalue weighted by Gasteiger charge is 2.47. The van der Waals surface area contributed by atoms with E-state index in [9.17, 15) is 9.59 Å². The predicted molar refractivity (Wildman–Crippen MR) is 39.5 cm³/mol. The van der Waals surface area contributed by atoms with E-state index in [0.717, 1.165) is 0 Å². The minimum atomic E-state index is -0.974. The molecule has 3 unspecified atom stereocenters. The number of aliphatic carboxylic acids is 2. The molecule has 0 aliphatic heterocycles. The highest BCUT2D eigenvalue weighted by Crippen LogP contribution is 2.41. The number of carboxylic acids is 2. The van der Waals surface area contributed by atoms with Gasteiger partial charge in [0.25, 0.3) is 0 Å². The second-order valence-corrected chi connectivity index (χ2v) is 3.11. The summed E-state index contributed by atoms with van der Waals surface area (Å²) in [7, 11) is 0. The zero-order valence-electron chi connectivity index (χ0n) is 6.43. The van der Waals surface area contributed by atoms with Crippen molar-refractivity contribution in [1.82, 2.24) is 0 Å². The van der Waals surface area contributed by atoms with E-state index in [2.05, 4.69) is 0 Å². The van der Waals surface area contributed by atoms with Crippen LogP contribution in [0.3, 0.4) is 0 Å². The maximum atomic E-state index is 10.4. The number of nitrogens with two attached hydrogens (primary N) is 1. The molecule has 0 bridgehead atoms. The van der Waals surface area contributed by atoms with Gasteiger partial charge >= 0.3 is 11.9 Å². The van der Waals surface area contributed by atoms with E-state index in [0.29, 0.717) is 6.42 Å². The molecule has 1 fully saturated rings. The van der Waals surface area contributed by atoms with Gasteiger partial charge in [-0.1, -0.05) is 0 Å². The predicted octanol–water partition coefficient (Wildman–Crippen LogP) is -0.491. The summed E-state index contributed by atoms with van der Waals surface area (Å²) in [5.74, 6) is -2.41. The lowest BCUT2D eigenvalue weighted by Gasteiger charge is -2.05. The third-order valence-electron chi connectivity index (χ3n) is 2.12. The highest BCUT2D eigenvalue weighted by molar-refractivity contribution is 5.74. The van der Waals surface area contributed by atoms with Gasteiger partial charge in [-0.2, -0.15) is 0 Å². The Balaban J connectivity index is 2.33. The molecule has 1 rings (SSSR count). The van der Waals surface area contributed by atoms with Gasteiger partial charge in [0.1, 0.15) is 0 Å². The molecule has 0 aromatic rings. The lowest BCUT2D eigenvalue weighted by molar-refractivity contribution is -0.140. The molecule has 1 saturated carbocycles. The Morgan fingerprint density at radius 1 is 1.50 bits per heavy atom. The number of hydrogen-bond donors (Lipinski definition) is 3. The number of rotatable bonds is 4. The fourth-order valence-corrected chi connectivity index (χ4v) is 1.32. The number of hydrogen-bond acceptors (Lipinski definition) is 3. The van der Waals surface area contributed by atoms with Crippen LogP contribution in [0, 0.1) is 11.8 Å². The summed E-state index contributed by atoms with van der Waals surface area (Å²) in [5.41, 5.74) is 5.46. The van der Waals surface area contributed by atoms with E-state index in [1.807, 2.05) is 0 Å². The molecule has 0 radical (unpaired) electrons. The van der Waals surface area contributed by atoms with E-state index in [-0.39, 0.29) is 12.3 Å². The molecule has 0 heterocycles. The van der Waals surface area contributed by atoms with Gasteiger partial charge in [-0.25, -0.2) is 0 Å². The molecule has 5 heteroatoms. The Kier molecular flexibility index (Phi) is 2.32. The summed E-state index contributed by atoms with van der Waals surface area (Å²) in [6, 6.07) is -0.511. The van der Waals surface area contributed by atoms with Crippen molar-refractivity contribution in [2.45, 2.75) is 18.9 Å². The molecule has 0 amide bonds. The standard InChI is InChI=1S/C7H11NO4/c8-5(2-6(9)10)3-1-4(3)7(11)12/h3-5H,1-2,8H2,(H,9,10)(H,11,12). The molecule has 0 aromatic heterocycles. The van der Waals surface area contributed by atoms with Crippen LogP contribution in [0.5, 0.6) is 0 Å². The third-order valence-corrected chi connectivity index (χ3v) is 2.12. The van der Waals surface area contributed by atoms with Gasteiger partial charge in [0.05, 0.1) is 12.3 Å². The minimum absolute atomic E-state index is 0.140. The van der Waals surface area contributed by atoms with Crippen LogP contribution in [-0.4, -0.2) is 28.2 Å². The van der Waals surface area contributed by atoms with E-state index in [1.165, 1.54) is 0 Å². The molecular formula is C7H11NO4. The molecule has 12 heavy (non-hydrogen) atoms. The fraction of sp³-hybridized carbons (Fsp3) is 0.714. The van der Waals surface area contributed by atoms with Crippen molar-refractivity contribution < 1.29 is 19.8 Å². The Morgan fingerprint density at radius 3 is 2.42 bits per heavy atom. The zero-order chi connectivity index (χ0) is 9.30. The first-order valence-electron chi connectivity index (χ1n) is 3.72. The van der Waals surface area contributed by atoms with Gasteiger partial charge in [0, 0.05) is 6.04 Å². The zero-order valence-corrected chi connectivity index (χ0v) is 6.43. The van der Waals surface area contributed by atoms with Crippen molar-refractivity contribution in [3.05, 3.63) is 0 Å². The molecule has 0 spiro atoms. The van der Waals surface area contributed by atoms with Crippen LogP contribution in [0.4, 0.5) is 0 Å². The van der Waals surface area contributed by atoms with Gasteiger partial charge in [0.15, 0.2) is 0 Å². The lowest BCUT2D eigenvalue weighted by Crippen LogP contribution is -2.27. The summed E-state index contributed by atoms with van der Waals surface area (Å²) in [6.45, 7) is 0. The smallest absolute Gasteiger partial charge is 0.306 e. The van der Waals surface area contributed by atoms with Crippen molar-refractivity contribution in [2.75, 3.05) is 0 Å². The van der Waals surface area contributed by atoms with Crippen molar-refractivity contribution >= 4 is 11.9 Å². The molecular weight excluding hydrogens is 162 g/mol. The number of carbonyl (C=O) groups is 2. The van der Waals surface area contributed by atoms with E-state index in [1.54, 1.807) is 0 Å². The Labute approximate surface area is 69.2 Å². The van der Waals surface area contributed by atoms with Crippen molar-refractivity contribution in [2.24, 2.45) is 17.6 Å². The summed E-state index contributed by atoms with van der Waals surface area (Å²) in [5, 5.41) is 16.9. The van der Waals surface area contributed by atoms with Crippen LogP contribution in [0.25, 0.3) is 0 Å². The lowest BCUT2D eigenvalue weighted by atomic mass is 10.1. The van der Waals surface area contributed by atoms with Gasteiger partial charge in [-0.3, -0.25) is 9.59 Å². The van der Waals surface area contributed by atoms with Gasteiger partial charge in [0.2, 0.25) is 0 Å². The quantitative estimate of drug-likeness (QED) is 0.532. The molecule has 0 saturated heterocycles. The van der Waals surface area contributed by atoms with Crippen LogP contribution in [-0.2, 0) is 9.59 Å². The Morgan fingerprint density at radius 2 is 2.08 bits per heavy atom. The Bertz CT molecular complexity index is 215. The Hall–Kier alpha value is -1.10. The monoisotopic (exact) mass is 173 g/mol. The second-order valence-electron chi connectivity index (χ2n) is 3.11. The van der Waals surface area contributed by atoms with E-state index < -0.39 is 23.9 Å². The summed E-state index contributed by atoms with van der Waals surface area (Å²) in [4.78, 5) is 20.6. The highest BCUT2D eigenvalue weighted by atomic mass is 16.4. The van der Waals surface area contributed by atoms with E-state index >= 15 is 0 Å². The second kappa shape index (κ2) is 3.10. The first-order valence-corrected chi connectivity index (χ1v) is 3.72. The van der Waals surface area contributed by atoms with Gasteiger partial charge in [-0.15, -0.1) is 0 Å². The summed E-state index contributed by atoms with van der Waals surface area (Å²) >= 11 is 0. The van der Waals surface area contributed by atoms with Crippen molar-refractivity contribution in [3.8, 4) is 0 Å². The first kappa shape index (κ1) is 8.99. The average Bonchev–Trinajstić information content (AvgIpc) is 2.61. The minimum Gasteiger partial charge on any atom is -0.481 e. The van der Waals surface area contributed by atoms with Crippen LogP contribution in [0.15, 0.2) is 0 Å². The van der Waals surface area contributed by atoms with Crippen molar-refractivity contribution in [3.63, 3.8) is 0 Å². The number of carboxylic acid groups (broad SMARTS) is 2. The van der Waals surface area contributed by atoms with Crippen molar-refractivity contribution in [1.29, 1.82) is 0 Å². The normalized spacial score (nSPS) is 29.4. The van der Waals surface area contributed by atoms with Gasteiger partial charge < -0.3 is 15.9 Å². The maximum Gasteiger partial charge on any atom is 0.306 e. The third kappa shape index (κ3) is 1.94.